The molecule has 7 heteroatoms. The lowest BCUT2D eigenvalue weighted by molar-refractivity contribution is -0.125. The molecule has 1 aromatic heterocycles. The molecular formula is C10H14N4O3. The van der Waals surface area contributed by atoms with Crippen molar-refractivity contribution in [2.45, 2.75) is 24.9 Å². The second kappa shape index (κ2) is 4.54. The number of nitrogens with zero attached hydrogens (tertiary/aromatic N) is 1. The van der Waals surface area contributed by atoms with Crippen LogP contribution in [0, 0.1) is 0 Å². The topological polar surface area (TPSA) is 121 Å². The Hall–Kier alpha value is -1.89. The zero-order chi connectivity index (χ0) is 12.4. The predicted octanol–water partition coefficient (Wildman–Crippen LogP) is -1.09. The van der Waals surface area contributed by atoms with Gasteiger partial charge in [-0.1, -0.05) is 0 Å². The molecule has 1 aliphatic rings. The molecule has 17 heavy (non-hydrogen) atoms. The van der Waals surface area contributed by atoms with Crippen LogP contribution in [0.25, 0.3) is 0 Å². The number of amides is 1. The number of aliphatic hydroxyl groups excluding tert-OH is 1. The molecule has 1 amide bonds. The fourth-order valence-electron chi connectivity index (χ4n) is 1.42. The first-order valence-corrected chi connectivity index (χ1v) is 5.39. The molecule has 1 atom stereocenters. The van der Waals surface area contributed by atoms with Gasteiger partial charge >= 0.3 is 0 Å². The molecule has 1 saturated carbocycles. The number of nitrogens with two attached hydrogens (primary N) is 1. The van der Waals surface area contributed by atoms with Crippen LogP contribution in [0.5, 0.6) is 0 Å². The Kier molecular flexibility index (Phi) is 3.10. The van der Waals surface area contributed by atoms with Gasteiger partial charge in [-0.15, -0.1) is 0 Å². The van der Waals surface area contributed by atoms with Crippen molar-refractivity contribution in [2.24, 2.45) is 5.73 Å². The molecule has 0 aliphatic heterocycles. The molecule has 2 rings (SSSR count). The standard InChI is InChI=1S/C10H14N4O3/c11-9(17)6(15)4-12-7-3-8(16)14-10(13-7)5-1-2-5/h3,5-6,15H,1-2,4H2,(H2,11,17)(H2,12,13,14,16). The highest BCUT2D eigenvalue weighted by Crippen LogP contribution is 2.37. The lowest BCUT2D eigenvalue weighted by atomic mass is 10.3. The Morgan fingerprint density at radius 1 is 1.71 bits per heavy atom. The maximum absolute atomic E-state index is 11.3. The summed E-state index contributed by atoms with van der Waals surface area (Å²) in [5.41, 5.74) is 4.65. The maximum atomic E-state index is 11.3. The zero-order valence-corrected chi connectivity index (χ0v) is 9.14. The van der Waals surface area contributed by atoms with E-state index in [1.165, 1.54) is 6.07 Å². The molecule has 1 heterocycles. The van der Waals surface area contributed by atoms with Gasteiger partial charge in [0.25, 0.3) is 5.56 Å². The summed E-state index contributed by atoms with van der Waals surface area (Å²) in [5.74, 6) is 0.500. The molecular weight excluding hydrogens is 224 g/mol. The first-order chi connectivity index (χ1) is 8.06. The number of hydrogen-bond donors (Lipinski definition) is 4. The van der Waals surface area contributed by atoms with Gasteiger partial charge in [-0.2, -0.15) is 0 Å². The van der Waals surface area contributed by atoms with Gasteiger partial charge in [0, 0.05) is 12.0 Å². The van der Waals surface area contributed by atoms with E-state index >= 15 is 0 Å². The third-order valence-corrected chi connectivity index (χ3v) is 2.53. The fraction of sp³-hybridized carbons (Fsp3) is 0.500. The number of aromatic amines is 1. The van der Waals surface area contributed by atoms with Crippen molar-refractivity contribution < 1.29 is 9.90 Å². The van der Waals surface area contributed by atoms with E-state index in [4.69, 9.17) is 5.73 Å². The summed E-state index contributed by atoms with van der Waals surface area (Å²) < 4.78 is 0. The molecule has 1 fully saturated rings. The number of hydrogen-bond acceptors (Lipinski definition) is 5. The zero-order valence-electron chi connectivity index (χ0n) is 9.14. The molecule has 5 N–H and O–H groups in total. The number of primary amides is 1. The van der Waals surface area contributed by atoms with E-state index in [0.29, 0.717) is 17.6 Å². The van der Waals surface area contributed by atoms with Gasteiger partial charge in [-0.3, -0.25) is 9.59 Å². The second-order valence-electron chi connectivity index (χ2n) is 4.09. The van der Waals surface area contributed by atoms with E-state index in [0.717, 1.165) is 12.8 Å². The Balaban J connectivity index is 2.05. The largest absolute Gasteiger partial charge is 0.381 e. The molecule has 0 aromatic carbocycles. The second-order valence-corrected chi connectivity index (χ2v) is 4.09. The van der Waals surface area contributed by atoms with Gasteiger partial charge in [0.2, 0.25) is 5.91 Å². The minimum Gasteiger partial charge on any atom is -0.381 e. The van der Waals surface area contributed by atoms with Crippen molar-refractivity contribution in [3.8, 4) is 0 Å². The highest BCUT2D eigenvalue weighted by atomic mass is 16.3. The SMILES string of the molecule is NC(=O)C(O)CNc1cc(=O)[nH]c(C2CC2)n1. The lowest BCUT2D eigenvalue weighted by Gasteiger charge is -2.09. The highest BCUT2D eigenvalue weighted by molar-refractivity contribution is 5.79. The van der Waals surface area contributed by atoms with Crippen LogP contribution in [0.15, 0.2) is 10.9 Å². The summed E-state index contributed by atoms with van der Waals surface area (Å²) in [4.78, 5) is 28.8. The van der Waals surface area contributed by atoms with Crippen molar-refractivity contribution in [2.75, 3.05) is 11.9 Å². The Morgan fingerprint density at radius 2 is 2.41 bits per heavy atom. The third kappa shape index (κ3) is 3.04. The molecule has 0 bridgehead atoms. The van der Waals surface area contributed by atoms with Crippen molar-refractivity contribution in [1.82, 2.24) is 9.97 Å². The van der Waals surface area contributed by atoms with Crippen molar-refractivity contribution in [3.05, 3.63) is 22.2 Å². The summed E-state index contributed by atoms with van der Waals surface area (Å²) in [6.45, 7) is -0.0596. The smallest absolute Gasteiger partial charge is 0.252 e. The molecule has 1 unspecified atom stereocenters. The van der Waals surface area contributed by atoms with Gasteiger partial charge in [-0.05, 0) is 12.8 Å². The van der Waals surface area contributed by atoms with Crippen molar-refractivity contribution in [1.29, 1.82) is 0 Å². The van der Waals surface area contributed by atoms with Crippen LogP contribution >= 0.6 is 0 Å². The minimum atomic E-state index is -1.29. The number of aliphatic hydroxyl groups is 1. The van der Waals surface area contributed by atoms with Gasteiger partial charge in [0.15, 0.2) is 0 Å². The number of nitrogens with one attached hydrogen (secondary N) is 2. The first-order valence-electron chi connectivity index (χ1n) is 5.39. The van der Waals surface area contributed by atoms with Crippen molar-refractivity contribution in [3.63, 3.8) is 0 Å². The van der Waals surface area contributed by atoms with E-state index in [2.05, 4.69) is 15.3 Å². The maximum Gasteiger partial charge on any atom is 0.252 e. The van der Waals surface area contributed by atoms with Crippen LogP contribution in [0.2, 0.25) is 0 Å². The molecule has 0 spiro atoms. The van der Waals surface area contributed by atoms with Crippen LogP contribution in [0.3, 0.4) is 0 Å². The fourth-order valence-corrected chi connectivity index (χ4v) is 1.42. The van der Waals surface area contributed by atoms with Gasteiger partial charge < -0.3 is 21.1 Å². The third-order valence-electron chi connectivity index (χ3n) is 2.53. The van der Waals surface area contributed by atoms with Crippen LogP contribution in [0.1, 0.15) is 24.6 Å². The lowest BCUT2D eigenvalue weighted by Crippen LogP contribution is -2.34. The van der Waals surface area contributed by atoms with E-state index < -0.39 is 12.0 Å². The van der Waals surface area contributed by atoms with Crippen LogP contribution in [-0.4, -0.2) is 33.6 Å². The molecule has 0 radical (unpaired) electrons. The summed E-state index contributed by atoms with van der Waals surface area (Å²) in [7, 11) is 0. The quantitative estimate of drug-likeness (QED) is 0.519. The Morgan fingerprint density at radius 3 is 3.00 bits per heavy atom. The Labute approximate surface area is 97.1 Å². The molecule has 92 valence electrons. The predicted molar refractivity (Wildman–Crippen MR) is 60.5 cm³/mol. The molecule has 1 aliphatic carbocycles. The number of carbonyl (C=O) groups excluding carboxylic acids is 1. The van der Waals surface area contributed by atoms with E-state index in [1.807, 2.05) is 0 Å². The highest BCUT2D eigenvalue weighted by Gasteiger charge is 2.26. The summed E-state index contributed by atoms with van der Waals surface area (Å²) in [6, 6.07) is 1.28. The summed E-state index contributed by atoms with van der Waals surface area (Å²) >= 11 is 0. The number of anilines is 1. The molecule has 0 saturated heterocycles. The van der Waals surface area contributed by atoms with Crippen molar-refractivity contribution >= 4 is 11.7 Å². The minimum absolute atomic E-state index is 0.0596. The van der Waals surface area contributed by atoms with Gasteiger partial charge in [0.05, 0.1) is 6.54 Å². The van der Waals surface area contributed by atoms with E-state index in [1.54, 1.807) is 0 Å². The molecule has 1 aromatic rings. The van der Waals surface area contributed by atoms with Gasteiger partial charge in [-0.25, -0.2) is 4.98 Å². The normalized spacial score (nSPS) is 16.5. The number of rotatable bonds is 5. The van der Waals surface area contributed by atoms with Crippen LogP contribution in [0.4, 0.5) is 5.82 Å². The number of H-pyrrole nitrogens is 1. The number of aromatic nitrogens is 2. The monoisotopic (exact) mass is 238 g/mol. The van der Waals surface area contributed by atoms with Crippen LogP contribution < -0.4 is 16.6 Å². The summed E-state index contributed by atoms with van der Waals surface area (Å²) in [6.07, 6.45) is 0.757. The van der Waals surface area contributed by atoms with Crippen LogP contribution in [-0.2, 0) is 4.79 Å². The first kappa shape index (κ1) is 11.6. The average molecular weight is 238 g/mol. The van der Waals surface area contributed by atoms with E-state index in [-0.39, 0.29) is 12.1 Å². The number of carbonyl (C=O) groups is 1. The molecule has 7 nitrogen and oxygen atoms in total. The summed E-state index contributed by atoms with van der Waals surface area (Å²) in [5, 5.41) is 11.9. The average Bonchev–Trinajstić information content (AvgIpc) is 3.08. The Bertz CT molecular complexity index is 481. The van der Waals surface area contributed by atoms with Gasteiger partial charge in [0.1, 0.15) is 17.7 Å². The van der Waals surface area contributed by atoms with E-state index in [9.17, 15) is 14.7 Å².